The van der Waals surface area contributed by atoms with Crippen LogP contribution in [0.4, 0.5) is 0 Å². The molecule has 8 heteroatoms. The van der Waals surface area contributed by atoms with Crippen LogP contribution in [0.15, 0.2) is 24.3 Å². The lowest BCUT2D eigenvalue weighted by molar-refractivity contribution is -0.154. The van der Waals surface area contributed by atoms with E-state index in [-0.39, 0.29) is 29.7 Å². The highest BCUT2D eigenvalue weighted by molar-refractivity contribution is 6.00. The summed E-state index contributed by atoms with van der Waals surface area (Å²) in [6.07, 6.45) is 7.70. The summed E-state index contributed by atoms with van der Waals surface area (Å²) in [4.78, 5) is 46.5. The molecule has 0 aromatic heterocycles. The van der Waals surface area contributed by atoms with E-state index in [1.165, 1.54) is 4.90 Å². The summed E-state index contributed by atoms with van der Waals surface area (Å²) in [5.74, 6) is -2.18. The molecule has 0 saturated carbocycles. The molecule has 4 heterocycles. The predicted molar refractivity (Wildman–Crippen MR) is 128 cm³/mol. The first-order chi connectivity index (χ1) is 15.7. The first-order valence-corrected chi connectivity index (χ1v) is 12.3. The van der Waals surface area contributed by atoms with Gasteiger partial charge in [-0.1, -0.05) is 45.1 Å². The molecule has 1 N–H and O–H groups in total. The van der Waals surface area contributed by atoms with Gasteiger partial charge in [-0.15, -0.1) is 0 Å². The van der Waals surface area contributed by atoms with Crippen molar-refractivity contribution in [2.24, 2.45) is 17.3 Å². The van der Waals surface area contributed by atoms with E-state index in [1.54, 1.807) is 18.9 Å². The zero-order chi connectivity index (χ0) is 25.2. The molecule has 4 aliphatic heterocycles. The highest BCUT2D eigenvalue weighted by Gasteiger charge is 2.72. The van der Waals surface area contributed by atoms with Crippen LogP contribution in [0, 0.1) is 17.3 Å². The Labute approximate surface area is 202 Å². The smallest absolute Gasteiger partial charge is 0.249 e. The number of aliphatic hydroxyl groups excluding tert-OH is 1. The number of likely N-dealkylation sites (N-methyl/N-ethyl adjacent to an activating group) is 1. The first kappa shape index (κ1) is 24.9. The molecule has 0 aromatic carbocycles. The Bertz CT molecular complexity index is 935. The molecule has 4 aliphatic rings. The van der Waals surface area contributed by atoms with Crippen molar-refractivity contribution in [1.29, 1.82) is 0 Å². The lowest BCUT2D eigenvalue weighted by Crippen LogP contribution is -2.61. The van der Waals surface area contributed by atoms with Crippen molar-refractivity contribution in [2.75, 3.05) is 26.7 Å². The second-order valence-corrected chi connectivity index (χ2v) is 12.2. The van der Waals surface area contributed by atoms with Crippen LogP contribution in [0.25, 0.3) is 0 Å². The summed E-state index contributed by atoms with van der Waals surface area (Å²) in [5, 5.41) is 10.0. The van der Waals surface area contributed by atoms with Gasteiger partial charge in [-0.25, -0.2) is 0 Å². The maximum Gasteiger partial charge on any atom is 0.249 e. The van der Waals surface area contributed by atoms with E-state index in [9.17, 15) is 19.5 Å². The van der Waals surface area contributed by atoms with E-state index >= 15 is 0 Å². The standard InChI is InChI=1S/C26H39N3O5/c1-16(14-30)29-20-23(33)28(25(5,6)15-24(2,3)4)13-9-11-26(20)19(22(29)32)18-17(34-26)10-8-12-27(7)21(18)31/h8-11,16-20,30H,12-15H2,1-7H3/t16-,17+,18-,19+,20?,26+/m1/s1. The molecule has 2 fully saturated rings. The topological polar surface area (TPSA) is 90.4 Å². The Morgan fingerprint density at radius 2 is 1.76 bits per heavy atom. The van der Waals surface area contributed by atoms with Crippen molar-refractivity contribution in [3.63, 3.8) is 0 Å². The van der Waals surface area contributed by atoms with E-state index in [1.807, 2.05) is 29.2 Å². The van der Waals surface area contributed by atoms with Crippen molar-refractivity contribution in [3.8, 4) is 0 Å². The number of aliphatic hydroxyl groups is 1. The number of hydrogen-bond acceptors (Lipinski definition) is 5. The zero-order valence-corrected chi connectivity index (χ0v) is 21.4. The van der Waals surface area contributed by atoms with Crippen LogP contribution in [0.5, 0.6) is 0 Å². The van der Waals surface area contributed by atoms with Gasteiger partial charge in [0.2, 0.25) is 17.7 Å². The molecule has 34 heavy (non-hydrogen) atoms. The molecule has 1 unspecified atom stereocenters. The summed E-state index contributed by atoms with van der Waals surface area (Å²) in [5.41, 5.74) is -1.74. The Hall–Kier alpha value is -2.19. The first-order valence-electron chi connectivity index (χ1n) is 12.3. The number of fused-ring (bicyclic) bond motifs is 2. The zero-order valence-electron chi connectivity index (χ0n) is 21.4. The van der Waals surface area contributed by atoms with Crippen LogP contribution < -0.4 is 0 Å². The van der Waals surface area contributed by atoms with Gasteiger partial charge in [0.25, 0.3) is 0 Å². The highest BCUT2D eigenvalue weighted by Crippen LogP contribution is 2.54. The van der Waals surface area contributed by atoms with Crippen LogP contribution in [0.1, 0.15) is 48.0 Å². The number of carbonyl (C=O) groups excluding carboxylic acids is 3. The normalized spacial score (nSPS) is 34.7. The van der Waals surface area contributed by atoms with E-state index in [0.717, 1.165) is 6.42 Å². The molecule has 6 atom stereocenters. The fourth-order valence-electron chi connectivity index (χ4n) is 6.70. The third-order valence-electron chi connectivity index (χ3n) is 7.73. The number of ether oxygens (including phenoxy) is 1. The number of rotatable bonds is 4. The molecule has 0 radical (unpaired) electrons. The van der Waals surface area contributed by atoms with Crippen molar-refractivity contribution in [2.45, 2.75) is 77.3 Å². The van der Waals surface area contributed by atoms with Gasteiger partial charge in [0.05, 0.1) is 30.6 Å². The van der Waals surface area contributed by atoms with E-state index < -0.39 is 41.2 Å². The van der Waals surface area contributed by atoms with Crippen LogP contribution >= 0.6 is 0 Å². The molecule has 0 aromatic rings. The van der Waals surface area contributed by atoms with Gasteiger partial charge < -0.3 is 24.5 Å². The van der Waals surface area contributed by atoms with Gasteiger partial charge in [0.1, 0.15) is 11.6 Å². The van der Waals surface area contributed by atoms with Gasteiger partial charge in [0.15, 0.2) is 0 Å². The Balaban J connectivity index is 1.83. The van der Waals surface area contributed by atoms with Crippen LogP contribution in [0.2, 0.25) is 0 Å². The minimum atomic E-state index is -1.25. The molecule has 8 nitrogen and oxygen atoms in total. The maximum atomic E-state index is 14.3. The fraction of sp³-hybridized carbons (Fsp3) is 0.731. The molecule has 188 valence electrons. The number of nitrogens with zero attached hydrogens (tertiary/aromatic N) is 3. The summed E-state index contributed by atoms with van der Waals surface area (Å²) in [6.45, 7) is 12.8. The predicted octanol–water partition coefficient (Wildman–Crippen LogP) is 1.59. The molecule has 0 bridgehead atoms. The lowest BCUT2D eigenvalue weighted by Gasteiger charge is -2.45. The Morgan fingerprint density at radius 3 is 2.38 bits per heavy atom. The Morgan fingerprint density at radius 1 is 1.09 bits per heavy atom. The average molecular weight is 474 g/mol. The minimum absolute atomic E-state index is 0.0115. The third kappa shape index (κ3) is 3.70. The number of amides is 3. The quantitative estimate of drug-likeness (QED) is 0.627. The SMILES string of the molecule is C[C@H](CO)N1C(=O)[C@@H]2[C@@H]3C(=O)N(C)CC=C[C@@H]3O[C@@]23C=CCN(C(C)(C)CC(C)(C)C)C(=O)C13. The lowest BCUT2D eigenvalue weighted by atomic mass is 9.77. The summed E-state index contributed by atoms with van der Waals surface area (Å²) < 4.78 is 6.57. The van der Waals surface area contributed by atoms with Crippen LogP contribution in [-0.2, 0) is 19.1 Å². The van der Waals surface area contributed by atoms with Gasteiger partial charge in [-0.3, -0.25) is 14.4 Å². The summed E-state index contributed by atoms with van der Waals surface area (Å²) >= 11 is 0. The van der Waals surface area contributed by atoms with Gasteiger partial charge in [0, 0.05) is 25.7 Å². The van der Waals surface area contributed by atoms with Crippen LogP contribution in [0.3, 0.4) is 0 Å². The Kier molecular flexibility index (Phi) is 6.00. The van der Waals surface area contributed by atoms with Gasteiger partial charge >= 0.3 is 0 Å². The van der Waals surface area contributed by atoms with Gasteiger partial charge in [-0.05, 0) is 32.6 Å². The summed E-state index contributed by atoms with van der Waals surface area (Å²) in [6, 6.07) is -1.53. The molecule has 0 aliphatic carbocycles. The van der Waals surface area contributed by atoms with Crippen molar-refractivity contribution in [1.82, 2.24) is 14.7 Å². The minimum Gasteiger partial charge on any atom is -0.394 e. The largest absolute Gasteiger partial charge is 0.394 e. The monoisotopic (exact) mass is 473 g/mol. The maximum absolute atomic E-state index is 14.3. The van der Waals surface area contributed by atoms with Crippen molar-refractivity contribution in [3.05, 3.63) is 24.3 Å². The molecule has 1 spiro atoms. The van der Waals surface area contributed by atoms with E-state index in [4.69, 9.17) is 4.74 Å². The molecular weight excluding hydrogens is 434 g/mol. The van der Waals surface area contributed by atoms with Crippen molar-refractivity contribution < 1.29 is 24.2 Å². The number of hydrogen-bond donors (Lipinski definition) is 1. The number of carbonyl (C=O) groups is 3. The van der Waals surface area contributed by atoms with E-state index in [2.05, 4.69) is 34.6 Å². The molecule has 3 amide bonds. The second kappa shape index (κ2) is 8.19. The van der Waals surface area contributed by atoms with E-state index in [0.29, 0.717) is 13.1 Å². The fourth-order valence-corrected chi connectivity index (χ4v) is 6.70. The second-order valence-electron chi connectivity index (χ2n) is 12.2. The molecular formula is C26H39N3O5. The summed E-state index contributed by atoms with van der Waals surface area (Å²) in [7, 11) is 1.72. The van der Waals surface area contributed by atoms with Gasteiger partial charge in [-0.2, -0.15) is 0 Å². The molecule has 4 rings (SSSR count). The van der Waals surface area contributed by atoms with Crippen LogP contribution in [-0.4, -0.2) is 93.6 Å². The highest BCUT2D eigenvalue weighted by atomic mass is 16.5. The molecule has 2 saturated heterocycles. The third-order valence-corrected chi connectivity index (χ3v) is 7.73. The number of likely N-dealkylation sites (tertiary alicyclic amines) is 1. The average Bonchev–Trinajstić information content (AvgIpc) is 3.05. The van der Waals surface area contributed by atoms with Crippen molar-refractivity contribution >= 4 is 17.7 Å².